The van der Waals surface area contributed by atoms with Gasteiger partial charge in [-0.05, 0) is 24.9 Å². The third-order valence-corrected chi connectivity index (χ3v) is 4.37. The molecule has 0 bridgehead atoms. The first kappa shape index (κ1) is 11.0. The molecule has 0 aromatic heterocycles. The van der Waals surface area contributed by atoms with Crippen molar-refractivity contribution in [1.29, 1.82) is 0 Å². The monoisotopic (exact) mass is 218 g/mol. The van der Waals surface area contributed by atoms with Crippen LogP contribution in [0.5, 0.6) is 0 Å². The van der Waals surface area contributed by atoms with Gasteiger partial charge in [0.2, 0.25) is 0 Å². The van der Waals surface area contributed by atoms with Crippen LogP contribution < -0.4 is 0 Å². The highest BCUT2D eigenvalue weighted by atomic mass is 32.2. The van der Waals surface area contributed by atoms with E-state index in [1.165, 1.54) is 17.9 Å². The third-order valence-electron chi connectivity index (χ3n) is 1.53. The van der Waals surface area contributed by atoms with E-state index in [0.29, 0.717) is 11.2 Å². The molecule has 2 nitrogen and oxygen atoms in total. The molecule has 0 radical (unpaired) electrons. The Morgan fingerprint density at radius 2 is 2.23 bits per heavy atom. The second kappa shape index (κ2) is 6.38. The maximum Gasteiger partial charge on any atom is 0.330 e. The fourth-order valence-corrected chi connectivity index (χ4v) is 3.58. The van der Waals surface area contributed by atoms with Gasteiger partial charge in [-0.15, -0.1) is 23.5 Å². The van der Waals surface area contributed by atoms with Gasteiger partial charge < -0.3 is 4.74 Å². The minimum absolute atomic E-state index is 0.228. The van der Waals surface area contributed by atoms with Crippen LogP contribution in [-0.2, 0) is 9.53 Å². The number of rotatable bonds is 3. The summed E-state index contributed by atoms with van der Waals surface area (Å²) in [5, 5.41) is 0. The SMILES string of the molecule is CCOC(=O)C=CC1SCCCS1. The summed E-state index contributed by atoms with van der Waals surface area (Å²) >= 11 is 3.78. The summed E-state index contributed by atoms with van der Waals surface area (Å²) in [6, 6.07) is 0. The van der Waals surface area contributed by atoms with Crippen LogP contribution in [0, 0.1) is 0 Å². The molecule has 13 heavy (non-hydrogen) atoms. The molecule has 1 fully saturated rings. The fourth-order valence-electron chi connectivity index (χ4n) is 0.965. The largest absolute Gasteiger partial charge is 0.463 e. The van der Waals surface area contributed by atoms with Gasteiger partial charge in [-0.1, -0.05) is 6.08 Å². The van der Waals surface area contributed by atoms with E-state index in [1.54, 1.807) is 6.08 Å². The Hall–Kier alpha value is -0.0900. The minimum Gasteiger partial charge on any atom is -0.463 e. The number of hydrogen-bond donors (Lipinski definition) is 0. The molecule has 0 aromatic carbocycles. The molecule has 1 rings (SSSR count). The zero-order valence-electron chi connectivity index (χ0n) is 7.69. The van der Waals surface area contributed by atoms with Crippen molar-refractivity contribution in [2.24, 2.45) is 0 Å². The maximum atomic E-state index is 11.0. The van der Waals surface area contributed by atoms with E-state index in [0.717, 1.165) is 0 Å². The molecular weight excluding hydrogens is 204 g/mol. The molecule has 0 amide bonds. The Labute approximate surface area is 87.5 Å². The lowest BCUT2D eigenvalue weighted by Crippen LogP contribution is -2.05. The lowest BCUT2D eigenvalue weighted by Gasteiger charge is -2.16. The number of ether oxygens (including phenoxy) is 1. The highest BCUT2D eigenvalue weighted by Crippen LogP contribution is 2.31. The summed E-state index contributed by atoms with van der Waals surface area (Å²) in [6.45, 7) is 2.27. The van der Waals surface area contributed by atoms with Gasteiger partial charge in [0.15, 0.2) is 0 Å². The number of carbonyl (C=O) groups excluding carboxylic acids is 1. The molecule has 1 heterocycles. The topological polar surface area (TPSA) is 26.3 Å². The molecule has 0 unspecified atom stereocenters. The van der Waals surface area contributed by atoms with Gasteiger partial charge >= 0.3 is 5.97 Å². The van der Waals surface area contributed by atoms with Gasteiger partial charge in [-0.2, -0.15) is 0 Å². The fraction of sp³-hybridized carbons (Fsp3) is 0.667. The lowest BCUT2D eigenvalue weighted by atomic mass is 10.5. The Morgan fingerprint density at radius 1 is 1.54 bits per heavy atom. The first-order valence-electron chi connectivity index (χ1n) is 4.41. The first-order valence-corrected chi connectivity index (χ1v) is 6.51. The minimum atomic E-state index is -0.228. The molecule has 1 aliphatic rings. The maximum absolute atomic E-state index is 11.0. The second-order valence-electron chi connectivity index (χ2n) is 2.57. The molecule has 1 saturated heterocycles. The van der Waals surface area contributed by atoms with Gasteiger partial charge in [0, 0.05) is 6.08 Å². The van der Waals surface area contributed by atoms with E-state index < -0.39 is 0 Å². The van der Waals surface area contributed by atoms with E-state index in [1.807, 2.05) is 36.5 Å². The Balaban J connectivity index is 2.24. The van der Waals surface area contributed by atoms with Crippen molar-refractivity contribution in [2.75, 3.05) is 18.1 Å². The highest BCUT2D eigenvalue weighted by Gasteiger charge is 2.11. The standard InChI is InChI=1S/C9H14O2S2/c1-2-11-8(10)4-5-9-12-6-3-7-13-9/h4-5,9H,2-3,6-7H2,1H3. The van der Waals surface area contributed by atoms with Crippen molar-refractivity contribution in [3.8, 4) is 0 Å². The molecule has 74 valence electrons. The van der Waals surface area contributed by atoms with Crippen molar-refractivity contribution in [2.45, 2.75) is 17.9 Å². The number of carbonyl (C=O) groups is 1. The highest BCUT2D eigenvalue weighted by molar-refractivity contribution is 8.17. The zero-order chi connectivity index (χ0) is 9.52. The molecule has 1 aliphatic heterocycles. The molecule has 0 saturated carbocycles. The van der Waals surface area contributed by atoms with Crippen LogP contribution in [0.25, 0.3) is 0 Å². The van der Waals surface area contributed by atoms with Crippen LogP contribution >= 0.6 is 23.5 Å². The summed E-state index contributed by atoms with van der Waals surface area (Å²) in [5.41, 5.74) is 0. The number of hydrogen-bond acceptors (Lipinski definition) is 4. The average molecular weight is 218 g/mol. The number of esters is 1. The Bertz CT molecular complexity index is 186. The molecule has 0 atom stereocenters. The van der Waals surface area contributed by atoms with Crippen LogP contribution in [0.15, 0.2) is 12.2 Å². The second-order valence-corrected chi connectivity index (χ2v) is 5.37. The van der Waals surface area contributed by atoms with Crippen LogP contribution in [0.4, 0.5) is 0 Å². The average Bonchev–Trinajstić information content (AvgIpc) is 2.17. The van der Waals surface area contributed by atoms with E-state index in [-0.39, 0.29) is 5.97 Å². The van der Waals surface area contributed by atoms with Crippen molar-refractivity contribution >= 4 is 29.5 Å². The summed E-state index contributed by atoms with van der Waals surface area (Å²) in [6.07, 6.45) is 4.76. The summed E-state index contributed by atoms with van der Waals surface area (Å²) < 4.78 is 5.23. The quantitative estimate of drug-likeness (QED) is 0.536. The van der Waals surface area contributed by atoms with Crippen LogP contribution in [0.2, 0.25) is 0 Å². The van der Waals surface area contributed by atoms with Crippen molar-refractivity contribution in [3.05, 3.63) is 12.2 Å². The predicted molar refractivity (Wildman–Crippen MR) is 59.1 cm³/mol. The van der Waals surface area contributed by atoms with E-state index in [4.69, 9.17) is 4.74 Å². The summed E-state index contributed by atoms with van der Waals surface area (Å²) in [7, 11) is 0. The molecule has 0 aliphatic carbocycles. The smallest absolute Gasteiger partial charge is 0.330 e. The van der Waals surface area contributed by atoms with Gasteiger partial charge in [-0.3, -0.25) is 0 Å². The van der Waals surface area contributed by atoms with E-state index in [9.17, 15) is 4.79 Å². The van der Waals surface area contributed by atoms with Crippen molar-refractivity contribution in [1.82, 2.24) is 0 Å². The number of thioether (sulfide) groups is 2. The molecule has 0 aromatic rings. The van der Waals surface area contributed by atoms with Gasteiger partial charge in [0.1, 0.15) is 0 Å². The Kier molecular flexibility index (Phi) is 5.39. The summed E-state index contributed by atoms with van der Waals surface area (Å²) in [4.78, 5) is 11.0. The third kappa shape index (κ3) is 4.62. The van der Waals surface area contributed by atoms with Gasteiger partial charge in [-0.25, -0.2) is 4.79 Å². The normalized spacial score (nSPS) is 19.2. The van der Waals surface area contributed by atoms with Crippen molar-refractivity contribution in [3.63, 3.8) is 0 Å². The lowest BCUT2D eigenvalue weighted by molar-refractivity contribution is -0.137. The molecular formula is C9H14O2S2. The van der Waals surface area contributed by atoms with Crippen LogP contribution in [-0.4, -0.2) is 28.7 Å². The molecule has 0 N–H and O–H groups in total. The zero-order valence-corrected chi connectivity index (χ0v) is 9.33. The predicted octanol–water partition coefficient (Wildman–Crippen LogP) is 2.30. The van der Waals surface area contributed by atoms with Crippen molar-refractivity contribution < 1.29 is 9.53 Å². The first-order chi connectivity index (χ1) is 6.33. The van der Waals surface area contributed by atoms with Crippen LogP contribution in [0.1, 0.15) is 13.3 Å². The summed E-state index contributed by atoms with van der Waals surface area (Å²) in [5.74, 6) is 2.17. The molecule has 0 spiro atoms. The van der Waals surface area contributed by atoms with Gasteiger partial charge in [0.05, 0.1) is 11.2 Å². The molecule has 4 heteroatoms. The Morgan fingerprint density at radius 3 is 2.85 bits per heavy atom. The van der Waals surface area contributed by atoms with Gasteiger partial charge in [0.25, 0.3) is 0 Å². The van der Waals surface area contributed by atoms with E-state index in [2.05, 4.69) is 0 Å². The van der Waals surface area contributed by atoms with E-state index >= 15 is 0 Å². The van der Waals surface area contributed by atoms with Crippen LogP contribution in [0.3, 0.4) is 0 Å².